The van der Waals surface area contributed by atoms with E-state index in [4.69, 9.17) is 16.3 Å². The minimum absolute atomic E-state index is 0.103. The monoisotopic (exact) mass is 372 g/mol. The van der Waals surface area contributed by atoms with E-state index >= 15 is 0 Å². The van der Waals surface area contributed by atoms with E-state index in [-0.39, 0.29) is 15.7 Å². The average molecular weight is 373 g/mol. The molecule has 0 atom stereocenters. The van der Waals surface area contributed by atoms with Gasteiger partial charge in [-0.15, -0.1) is 0 Å². The van der Waals surface area contributed by atoms with Crippen LogP contribution >= 0.6 is 11.6 Å². The molecule has 0 radical (unpaired) electrons. The molecule has 0 aliphatic carbocycles. The molecule has 0 saturated heterocycles. The van der Waals surface area contributed by atoms with E-state index < -0.39 is 28.3 Å². The topological polar surface area (TPSA) is 84.5 Å². The Bertz CT molecular complexity index is 841. The van der Waals surface area contributed by atoms with Gasteiger partial charge in [0.25, 0.3) is 0 Å². The lowest BCUT2D eigenvalue weighted by molar-refractivity contribution is -0.115. The van der Waals surface area contributed by atoms with Crippen LogP contribution in [0.25, 0.3) is 0 Å². The predicted molar refractivity (Wildman–Crippen MR) is 88.2 cm³/mol. The first-order valence-corrected chi connectivity index (χ1v) is 8.56. The second-order valence-corrected chi connectivity index (χ2v) is 6.85. The fraction of sp³-hybridized carbons (Fsp3) is 0.133. The van der Waals surface area contributed by atoms with Crippen molar-refractivity contribution in [2.75, 3.05) is 19.0 Å². The number of rotatable bonds is 6. The van der Waals surface area contributed by atoms with Crippen LogP contribution in [0.2, 0.25) is 5.02 Å². The smallest absolute Gasteiger partial charge is 0.244 e. The van der Waals surface area contributed by atoms with E-state index in [9.17, 15) is 17.6 Å². The summed E-state index contributed by atoms with van der Waals surface area (Å²) in [4.78, 5) is 11.6. The summed E-state index contributed by atoms with van der Waals surface area (Å²) in [5, 5.41) is 2.66. The van der Waals surface area contributed by atoms with E-state index in [1.165, 1.54) is 49.6 Å². The quantitative estimate of drug-likeness (QED) is 0.815. The van der Waals surface area contributed by atoms with Crippen molar-refractivity contribution in [2.45, 2.75) is 4.90 Å². The number of amides is 1. The summed E-state index contributed by atoms with van der Waals surface area (Å²) in [6, 6.07) is 9.20. The zero-order chi connectivity index (χ0) is 17.7. The van der Waals surface area contributed by atoms with Crippen LogP contribution in [0.4, 0.5) is 10.1 Å². The third-order valence-corrected chi connectivity index (χ3v) is 4.62. The van der Waals surface area contributed by atoms with Crippen molar-refractivity contribution in [2.24, 2.45) is 0 Å². The molecule has 2 aromatic rings. The molecular weight excluding hydrogens is 359 g/mol. The summed E-state index contributed by atoms with van der Waals surface area (Å²) < 4.78 is 44.5. The molecule has 9 heteroatoms. The van der Waals surface area contributed by atoms with Gasteiger partial charge in [-0.3, -0.25) is 4.79 Å². The Balaban J connectivity index is 2.06. The van der Waals surface area contributed by atoms with E-state index in [0.29, 0.717) is 5.69 Å². The molecule has 6 nitrogen and oxygen atoms in total. The highest BCUT2D eigenvalue weighted by Gasteiger charge is 2.21. The number of carbonyl (C=O) groups excluding carboxylic acids is 1. The lowest BCUT2D eigenvalue weighted by Crippen LogP contribution is -2.33. The molecule has 0 unspecified atom stereocenters. The van der Waals surface area contributed by atoms with Crippen molar-refractivity contribution >= 4 is 33.2 Å². The van der Waals surface area contributed by atoms with Gasteiger partial charge < -0.3 is 10.1 Å². The summed E-state index contributed by atoms with van der Waals surface area (Å²) >= 11 is 5.80. The Hall–Kier alpha value is -2.16. The van der Waals surface area contributed by atoms with Gasteiger partial charge in [-0.2, -0.15) is 0 Å². The van der Waals surface area contributed by atoms with Gasteiger partial charge in [0, 0.05) is 10.7 Å². The summed E-state index contributed by atoms with van der Waals surface area (Å²) in [7, 11) is -2.68. The maximum atomic E-state index is 12.8. The molecular formula is C15H14ClFN2O4S. The number of benzene rings is 2. The predicted octanol–water partition coefficient (Wildman–Crippen LogP) is 2.40. The summed E-state index contributed by atoms with van der Waals surface area (Å²) in [6.07, 6.45) is 0. The molecule has 0 aromatic heterocycles. The van der Waals surface area contributed by atoms with Crippen molar-refractivity contribution in [3.05, 3.63) is 53.3 Å². The van der Waals surface area contributed by atoms with Gasteiger partial charge >= 0.3 is 0 Å². The Kier molecular flexibility index (Phi) is 5.76. The van der Waals surface area contributed by atoms with Crippen LogP contribution in [-0.4, -0.2) is 28.0 Å². The number of halogens is 2. The van der Waals surface area contributed by atoms with E-state index in [0.717, 1.165) is 0 Å². The lowest BCUT2D eigenvalue weighted by atomic mass is 10.3. The largest absolute Gasteiger partial charge is 0.495 e. The maximum Gasteiger partial charge on any atom is 0.244 e. The first kappa shape index (κ1) is 18.2. The molecule has 2 N–H and O–H groups in total. The maximum absolute atomic E-state index is 12.8. The van der Waals surface area contributed by atoms with Crippen molar-refractivity contribution in [1.29, 1.82) is 0 Å². The molecule has 0 bridgehead atoms. The van der Waals surface area contributed by atoms with Crippen LogP contribution in [0.1, 0.15) is 0 Å². The van der Waals surface area contributed by atoms with E-state index in [1.54, 1.807) is 0 Å². The van der Waals surface area contributed by atoms with Crippen LogP contribution in [-0.2, 0) is 14.8 Å². The summed E-state index contributed by atoms with van der Waals surface area (Å²) in [5.74, 6) is -0.946. The van der Waals surface area contributed by atoms with Crippen LogP contribution < -0.4 is 14.8 Å². The van der Waals surface area contributed by atoms with Gasteiger partial charge in [0.15, 0.2) is 0 Å². The highest BCUT2D eigenvalue weighted by atomic mass is 35.5. The highest BCUT2D eigenvalue weighted by Crippen LogP contribution is 2.26. The van der Waals surface area contributed by atoms with E-state index in [2.05, 4.69) is 10.0 Å². The Morgan fingerprint density at radius 3 is 2.50 bits per heavy atom. The Morgan fingerprint density at radius 2 is 1.88 bits per heavy atom. The number of sulfonamides is 1. The molecule has 0 saturated carbocycles. The number of hydrogen-bond acceptors (Lipinski definition) is 4. The average Bonchev–Trinajstić information content (AvgIpc) is 2.55. The van der Waals surface area contributed by atoms with Crippen LogP contribution in [0.15, 0.2) is 47.4 Å². The van der Waals surface area contributed by atoms with E-state index in [1.807, 2.05) is 0 Å². The minimum Gasteiger partial charge on any atom is -0.495 e. The minimum atomic E-state index is -4.00. The molecule has 128 valence electrons. The van der Waals surface area contributed by atoms with Crippen LogP contribution in [0.5, 0.6) is 5.75 Å². The molecule has 24 heavy (non-hydrogen) atoms. The van der Waals surface area contributed by atoms with Crippen LogP contribution in [0.3, 0.4) is 0 Å². The van der Waals surface area contributed by atoms with Crippen LogP contribution in [0, 0.1) is 5.82 Å². The number of hydrogen-bond donors (Lipinski definition) is 2. The second-order valence-electron chi connectivity index (χ2n) is 4.67. The Labute approximate surface area is 143 Å². The number of anilines is 1. The third kappa shape index (κ3) is 4.67. The molecule has 0 fully saturated rings. The summed E-state index contributed by atoms with van der Waals surface area (Å²) in [6.45, 7) is -0.505. The van der Waals surface area contributed by atoms with Crippen molar-refractivity contribution in [3.8, 4) is 5.75 Å². The Morgan fingerprint density at radius 1 is 1.21 bits per heavy atom. The first-order valence-electron chi connectivity index (χ1n) is 6.70. The molecule has 0 spiro atoms. The van der Waals surface area contributed by atoms with Gasteiger partial charge in [0.05, 0.1) is 13.7 Å². The fourth-order valence-corrected chi connectivity index (χ4v) is 3.25. The molecule has 0 heterocycles. The fourth-order valence-electron chi connectivity index (χ4n) is 1.84. The SMILES string of the molecule is COc1ccc(Cl)cc1S(=O)(=O)NCC(=O)Nc1ccc(F)cc1. The molecule has 0 aliphatic heterocycles. The van der Waals surface area contributed by atoms with Crippen molar-refractivity contribution < 1.29 is 22.3 Å². The molecule has 2 aromatic carbocycles. The first-order chi connectivity index (χ1) is 11.3. The van der Waals surface area contributed by atoms with Gasteiger partial charge in [-0.05, 0) is 42.5 Å². The number of ether oxygens (including phenoxy) is 1. The third-order valence-electron chi connectivity index (χ3n) is 2.97. The zero-order valence-corrected chi connectivity index (χ0v) is 14.1. The normalized spacial score (nSPS) is 11.1. The highest BCUT2D eigenvalue weighted by molar-refractivity contribution is 7.89. The molecule has 1 amide bonds. The summed E-state index contributed by atoms with van der Waals surface area (Å²) in [5.41, 5.74) is 0.348. The van der Waals surface area contributed by atoms with Gasteiger partial charge in [-0.25, -0.2) is 17.5 Å². The second kappa shape index (κ2) is 7.61. The zero-order valence-electron chi connectivity index (χ0n) is 12.5. The number of nitrogens with one attached hydrogen (secondary N) is 2. The lowest BCUT2D eigenvalue weighted by Gasteiger charge is -2.11. The molecule has 0 aliphatic rings. The van der Waals surface area contributed by atoms with Gasteiger partial charge in [0.2, 0.25) is 15.9 Å². The van der Waals surface area contributed by atoms with Gasteiger partial charge in [0.1, 0.15) is 16.5 Å². The number of methoxy groups -OCH3 is 1. The standard InChI is InChI=1S/C15H14ClFN2O4S/c1-23-13-7-2-10(16)8-14(13)24(21,22)18-9-15(20)19-12-5-3-11(17)4-6-12/h2-8,18H,9H2,1H3,(H,19,20). The molecule has 2 rings (SSSR count). The van der Waals surface area contributed by atoms with Crippen molar-refractivity contribution in [1.82, 2.24) is 4.72 Å². The van der Waals surface area contributed by atoms with Gasteiger partial charge in [-0.1, -0.05) is 11.6 Å². The number of carbonyl (C=O) groups is 1. The van der Waals surface area contributed by atoms with Crippen molar-refractivity contribution in [3.63, 3.8) is 0 Å².